The predicted octanol–water partition coefficient (Wildman–Crippen LogP) is 34.6. The maximum atomic E-state index is 9.80. The Hall–Kier alpha value is -20.0. The molecule has 0 unspecified atom stereocenters. The molecular weight excluding hydrogens is 1800 g/mol. The van der Waals surface area contributed by atoms with Gasteiger partial charge in [0.25, 0.3) is 0 Å². The van der Waals surface area contributed by atoms with E-state index in [0.717, 1.165) is 205 Å². The summed E-state index contributed by atoms with van der Waals surface area (Å²) >= 11 is 0. The van der Waals surface area contributed by atoms with Gasteiger partial charge in [-0.2, -0.15) is 10.5 Å². The van der Waals surface area contributed by atoms with Crippen molar-refractivity contribution in [3.05, 3.63) is 489 Å². The summed E-state index contributed by atoms with van der Waals surface area (Å²) < 4.78 is 26.6. The Balaban J connectivity index is 0.000000108. The van der Waals surface area contributed by atoms with Crippen LogP contribution in [0.5, 0.6) is 0 Å². The molecule has 19 aromatic carbocycles. The van der Waals surface area contributed by atoms with E-state index in [1.807, 2.05) is 91.4 Å². The van der Waals surface area contributed by atoms with Gasteiger partial charge in [0, 0.05) is 144 Å². The fraction of sp³-hybridized carbons (Fsp3) is 0.0224. The molecule has 30 rings (SSSR count). The molecule has 0 N–H and O–H groups in total. The Morgan fingerprint density at radius 1 is 0.190 bits per heavy atom. The highest BCUT2D eigenvalue weighted by Crippen LogP contribution is 2.48. The third-order valence-electron chi connectivity index (χ3n) is 29.9. The summed E-state index contributed by atoms with van der Waals surface area (Å²) in [5, 5.41) is 38.0. The van der Waals surface area contributed by atoms with Gasteiger partial charge in [-0.05, 0) is 290 Å². The molecule has 0 radical (unpaired) electrons. The van der Waals surface area contributed by atoms with Crippen LogP contribution < -0.4 is 0 Å². The number of para-hydroxylation sites is 10. The van der Waals surface area contributed by atoms with E-state index in [1.165, 1.54) is 76.2 Å². The normalized spacial score (nSPS) is 11.8. The fourth-order valence-electron chi connectivity index (χ4n) is 23.2. The number of nitrogens with zero attached hydrogens (tertiary/aromatic N) is 11. The van der Waals surface area contributed by atoms with Crippen LogP contribution in [0.3, 0.4) is 0 Å². The summed E-state index contributed by atoms with van der Waals surface area (Å²) in [5.41, 5.74) is 39.1. The van der Waals surface area contributed by atoms with Gasteiger partial charge in [-0.3, -0.25) is 15.0 Å². The van der Waals surface area contributed by atoms with E-state index in [0.29, 0.717) is 11.1 Å². The van der Waals surface area contributed by atoms with E-state index >= 15 is 0 Å². The standard InChI is InChI=1S/C49H31N5.C48H31N3O.C37H23N3O/c1-31-39(42-16-10-11-25-51-42)28-34(53-45-19-8-4-14-37(45)40-26-32(30-50)21-23-47(40)53)29-49(31)54-46-20-9-5-15-38(46)41-27-33(22-24-48(41)54)52-43-17-6-2-12-35(43)36-13-3-7-18-44(36)52;1-30-38(41-16-10-11-25-49-41)27-32(31-21-24-48-40(26-31)37-15-5-9-20-47(37)52-48)28-46(30)51-44-19-8-4-14-36(44)39-29-33(22-23-45(39)51)50-42-17-6-2-12-34(42)35-13-3-7-18-43(35)50;1-23-29(25-14-16-37-32(19-25)28-9-3-5-12-36(28)41-37)20-26(21-30(23)33-10-6-7-17-39-33)40-34-11-4-2-8-27(34)31-18-24(22-38)13-15-35(31)40/h2-29H,1H3;2-29H,1H3;2-21H,1H3. The molecule has 147 heavy (non-hydrogen) atoms. The molecule has 0 atom stereocenters. The zero-order chi connectivity index (χ0) is 97.8. The van der Waals surface area contributed by atoms with Gasteiger partial charge in [-0.1, -0.05) is 212 Å². The van der Waals surface area contributed by atoms with Crippen molar-refractivity contribution in [2.24, 2.45) is 0 Å². The average molecular weight is 1880 g/mol. The van der Waals surface area contributed by atoms with Crippen LogP contribution in [0.2, 0.25) is 0 Å². The van der Waals surface area contributed by atoms with Crippen LogP contribution in [-0.4, -0.2) is 42.4 Å². The van der Waals surface area contributed by atoms with Crippen LogP contribution >= 0.6 is 0 Å². The smallest absolute Gasteiger partial charge is 0.135 e. The first kappa shape index (κ1) is 85.0. The Labute approximate surface area is 842 Å². The minimum Gasteiger partial charge on any atom is -0.456 e. The number of aromatic nitrogens is 9. The van der Waals surface area contributed by atoms with Crippen molar-refractivity contribution >= 4 is 175 Å². The third-order valence-corrected chi connectivity index (χ3v) is 29.9. The van der Waals surface area contributed by atoms with Crippen LogP contribution in [0.15, 0.2) is 470 Å². The molecule has 0 saturated heterocycles. The first-order valence-corrected chi connectivity index (χ1v) is 49.5. The van der Waals surface area contributed by atoms with Crippen molar-refractivity contribution in [3.63, 3.8) is 0 Å². The van der Waals surface area contributed by atoms with Crippen molar-refractivity contribution in [1.29, 1.82) is 10.5 Å². The molecule has 0 bridgehead atoms. The van der Waals surface area contributed by atoms with Crippen LogP contribution in [0.4, 0.5) is 0 Å². The summed E-state index contributed by atoms with van der Waals surface area (Å²) in [5.74, 6) is 0. The van der Waals surface area contributed by atoms with Crippen molar-refractivity contribution < 1.29 is 8.83 Å². The SMILES string of the molecule is Cc1c(-c2ccc3oc4ccccc4c3c2)cc(-n2c3ccccc3c3cc(C#N)ccc32)cc1-c1ccccn1.Cc1c(-c2ccccn2)cc(-c2ccc3oc4ccccc4c3c2)cc1-n1c2ccccc2c2cc(-n3c4ccccc4c4ccccc43)ccc21.Cc1c(-c2ccccn2)cc(-n2c3ccccc3c3cc(C#N)ccc32)cc1-n1c2ccccc2c2cc(-n3c4ccccc4c4ccccc43)ccc21. The molecule has 0 aliphatic rings. The van der Waals surface area contributed by atoms with Gasteiger partial charge in [0.15, 0.2) is 0 Å². The fourth-order valence-corrected chi connectivity index (χ4v) is 23.2. The topological polar surface area (TPSA) is 142 Å². The second-order valence-electron chi connectivity index (χ2n) is 38.0. The lowest BCUT2D eigenvalue weighted by atomic mass is 9.93. The van der Waals surface area contributed by atoms with Crippen molar-refractivity contribution in [2.75, 3.05) is 0 Å². The lowest BCUT2D eigenvalue weighted by Crippen LogP contribution is -2.04. The predicted molar refractivity (Wildman–Crippen MR) is 604 cm³/mol. The first-order valence-electron chi connectivity index (χ1n) is 49.5. The summed E-state index contributed by atoms with van der Waals surface area (Å²) in [7, 11) is 0. The number of pyridine rings is 3. The molecule has 11 heterocycles. The lowest BCUT2D eigenvalue weighted by molar-refractivity contribution is 0.668. The van der Waals surface area contributed by atoms with Crippen molar-refractivity contribution in [2.45, 2.75) is 20.8 Å². The minimum atomic E-state index is 0.648. The van der Waals surface area contributed by atoms with Crippen LogP contribution in [0.25, 0.3) is 265 Å². The number of hydrogen-bond donors (Lipinski definition) is 0. The van der Waals surface area contributed by atoms with Gasteiger partial charge in [0.1, 0.15) is 22.3 Å². The average Bonchev–Trinajstić information content (AvgIpc) is 1.57. The molecule has 13 heteroatoms. The largest absolute Gasteiger partial charge is 0.456 e. The van der Waals surface area contributed by atoms with Gasteiger partial charge < -0.3 is 36.2 Å². The zero-order valence-corrected chi connectivity index (χ0v) is 80.1. The van der Waals surface area contributed by atoms with E-state index in [-0.39, 0.29) is 0 Å². The maximum Gasteiger partial charge on any atom is 0.135 e. The Kier molecular flexibility index (Phi) is 19.8. The molecular formula is C134H85N11O2. The number of hydrogen-bond acceptors (Lipinski definition) is 7. The number of nitriles is 2. The Morgan fingerprint density at radius 3 is 0.871 bits per heavy atom. The monoisotopic (exact) mass is 1880 g/mol. The highest BCUT2D eigenvalue weighted by molar-refractivity contribution is 6.18. The van der Waals surface area contributed by atoms with Crippen LogP contribution in [0, 0.1) is 43.4 Å². The van der Waals surface area contributed by atoms with Gasteiger partial charge in [0.05, 0.1) is 118 Å². The quantitative estimate of drug-likeness (QED) is 0.125. The van der Waals surface area contributed by atoms with E-state index in [2.05, 4.69) is 430 Å². The second kappa shape index (κ2) is 34.2. The molecule has 11 aromatic heterocycles. The molecule has 0 fully saturated rings. The molecule has 0 saturated carbocycles. The van der Waals surface area contributed by atoms with E-state index < -0.39 is 0 Å². The van der Waals surface area contributed by atoms with Crippen LogP contribution in [-0.2, 0) is 0 Å². The summed E-state index contributed by atoms with van der Waals surface area (Å²) in [6, 6.07) is 161. The Morgan fingerprint density at radius 2 is 0.476 bits per heavy atom. The highest BCUT2D eigenvalue weighted by atomic mass is 16.3. The lowest BCUT2D eigenvalue weighted by Gasteiger charge is -2.19. The minimum absolute atomic E-state index is 0.648. The van der Waals surface area contributed by atoms with Gasteiger partial charge in [0.2, 0.25) is 0 Å². The number of furan rings is 2. The van der Waals surface area contributed by atoms with Crippen molar-refractivity contribution in [3.8, 4) is 102 Å². The molecule has 688 valence electrons. The van der Waals surface area contributed by atoms with Crippen molar-refractivity contribution in [1.82, 2.24) is 42.4 Å². The number of fused-ring (bicyclic) bond motifs is 24. The first-order chi connectivity index (χ1) is 72.6. The van der Waals surface area contributed by atoms with Gasteiger partial charge >= 0.3 is 0 Å². The van der Waals surface area contributed by atoms with E-state index in [4.69, 9.17) is 23.8 Å². The number of rotatable bonds is 11. The molecule has 0 aliphatic heterocycles. The molecule has 30 aromatic rings. The van der Waals surface area contributed by atoms with Crippen LogP contribution in [0.1, 0.15) is 27.8 Å². The summed E-state index contributed by atoms with van der Waals surface area (Å²) in [6.45, 7) is 6.61. The summed E-state index contributed by atoms with van der Waals surface area (Å²) in [6.07, 6.45) is 5.58. The molecule has 0 spiro atoms. The van der Waals surface area contributed by atoms with E-state index in [1.54, 1.807) is 0 Å². The third kappa shape index (κ3) is 13.7. The zero-order valence-electron chi connectivity index (χ0n) is 80.1. The van der Waals surface area contributed by atoms with E-state index in [9.17, 15) is 10.5 Å². The molecule has 0 amide bonds. The second-order valence-corrected chi connectivity index (χ2v) is 38.0. The highest BCUT2D eigenvalue weighted by Gasteiger charge is 2.28. The molecule has 0 aliphatic carbocycles. The molecule has 13 nitrogen and oxygen atoms in total. The Bertz CT molecular complexity index is 10700. The number of benzene rings is 19. The maximum absolute atomic E-state index is 9.80. The van der Waals surface area contributed by atoms with Gasteiger partial charge in [-0.15, -0.1) is 0 Å². The van der Waals surface area contributed by atoms with Gasteiger partial charge in [-0.25, -0.2) is 0 Å². The summed E-state index contributed by atoms with van der Waals surface area (Å²) in [4.78, 5) is 14.4.